The number of amides is 1. The molecule has 0 atom stereocenters. The highest BCUT2D eigenvalue weighted by Gasteiger charge is 2.31. The zero-order chi connectivity index (χ0) is 20.7. The predicted octanol–water partition coefficient (Wildman–Crippen LogP) is 2.93. The fraction of sp³-hybridized carbons (Fsp3) is 0.588. The Balaban J connectivity index is 2.89. The van der Waals surface area contributed by atoms with Crippen LogP contribution in [0, 0.1) is 0 Å². The van der Waals surface area contributed by atoms with Crippen molar-refractivity contribution in [2.75, 3.05) is 38.0 Å². The van der Waals surface area contributed by atoms with Crippen molar-refractivity contribution in [3.8, 4) is 0 Å². The van der Waals surface area contributed by atoms with Crippen molar-refractivity contribution in [2.24, 2.45) is 0 Å². The van der Waals surface area contributed by atoms with Gasteiger partial charge in [0.15, 0.2) is 0 Å². The summed E-state index contributed by atoms with van der Waals surface area (Å²) in [5.41, 5.74) is 0.219. The molecule has 1 N–H and O–H groups in total. The summed E-state index contributed by atoms with van der Waals surface area (Å²) in [6.07, 6.45) is -3.92. The third-order valence-electron chi connectivity index (χ3n) is 3.77. The van der Waals surface area contributed by atoms with Gasteiger partial charge in [-0.25, -0.2) is 8.42 Å². The van der Waals surface area contributed by atoms with E-state index in [0.29, 0.717) is 19.5 Å². The minimum Gasteiger partial charge on any atom is -0.325 e. The third-order valence-corrected chi connectivity index (χ3v) is 5.82. The van der Waals surface area contributed by atoms with Crippen molar-refractivity contribution in [1.29, 1.82) is 0 Å². The zero-order valence-corrected chi connectivity index (χ0v) is 16.5. The van der Waals surface area contributed by atoms with Crippen LogP contribution >= 0.6 is 0 Å². The van der Waals surface area contributed by atoms with Crippen molar-refractivity contribution in [1.82, 2.24) is 9.21 Å². The number of nitrogens with zero attached hydrogens (tertiary/aromatic N) is 2. The number of benzene rings is 1. The molecule has 154 valence electrons. The van der Waals surface area contributed by atoms with Crippen molar-refractivity contribution in [2.45, 2.75) is 38.3 Å². The van der Waals surface area contributed by atoms with E-state index in [2.05, 4.69) is 5.32 Å². The van der Waals surface area contributed by atoms with Crippen LogP contribution in [-0.4, -0.2) is 62.4 Å². The zero-order valence-electron chi connectivity index (χ0n) is 15.7. The van der Waals surface area contributed by atoms with E-state index in [4.69, 9.17) is 0 Å². The first-order valence-corrected chi connectivity index (χ1v) is 10.2. The number of rotatable bonds is 10. The van der Waals surface area contributed by atoms with Gasteiger partial charge < -0.3 is 5.32 Å². The Hall–Kier alpha value is -1.65. The first-order chi connectivity index (χ1) is 12.5. The van der Waals surface area contributed by atoms with Crippen LogP contribution < -0.4 is 5.32 Å². The lowest BCUT2D eigenvalue weighted by molar-refractivity contribution is -0.147. The number of halogens is 3. The Kier molecular flexibility index (Phi) is 8.70. The number of hydrogen-bond acceptors (Lipinski definition) is 4. The summed E-state index contributed by atoms with van der Waals surface area (Å²) in [5, 5.41) is 2.47. The summed E-state index contributed by atoms with van der Waals surface area (Å²) >= 11 is 0. The van der Waals surface area contributed by atoms with Gasteiger partial charge in [0.1, 0.15) is 0 Å². The molecule has 0 spiro atoms. The maximum atomic E-state index is 12.6. The molecule has 0 saturated heterocycles. The average Bonchev–Trinajstić information content (AvgIpc) is 2.54. The van der Waals surface area contributed by atoms with Crippen molar-refractivity contribution >= 4 is 21.6 Å². The van der Waals surface area contributed by atoms with Crippen molar-refractivity contribution < 1.29 is 26.4 Å². The molecular formula is C17H26F3N3O3S. The minimum absolute atomic E-state index is 0.0182. The molecule has 1 aromatic rings. The molecule has 0 heterocycles. The third kappa shape index (κ3) is 7.47. The van der Waals surface area contributed by atoms with E-state index in [9.17, 15) is 26.4 Å². The summed E-state index contributed by atoms with van der Waals surface area (Å²) in [4.78, 5) is 13.1. The van der Waals surface area contributed by atoms with Gasteiger partial charge in [0.25, 0.3) is 0 Å². The first kappa shape index (κ1) is 23.4. The lowest BCUT2D eigenvalue weighted by atomic mass is 10.3. The molecule has 0 aliphatic rings. The van der Waals surface area contributed by atoms with Crippen molar-refractivity contribution in [3.05, 3.63) is 24.3 Å². The number of hydrogen-bond donors (Lipinski definition) is 1. The first-order valence-electron chi connectivity index (χ1n) is 8.72. The van der Waals surface area contributed by atoms with Crippen LogP contribution in [0.25, 0.3) is 0 Å². The predicted molar refractivity (Wildman–Crippen MR) is 98.0 cm³/mol. The Morgan fingerprint density at radius 2 is 1.78 bits per heavy atom. The summed E-state index contributed by atoms with van der Waals surface area (Å²) in [7, 11) is -3.69. The van der Waals surface area contributed by atoms with Gasteiger partial charge >= 0.3 is 6.18 Å². The highest BCUT2D eigenvalue weighted by molar-refractivity contribution is 7.89. The molecule has 0 fully saturated rings. The Morgan fingerprint density at radius 3 is 2.30 bits per heavy atom. The molecule has 1 amide bonds. The van der Waals surface area contributed by atoms with E-state index in [1.807, 2.05) is 0 Å². The number of nitrogens with one attached hydrogen (secondary N) is 1. The molecule has 1 rings (SSSR count). The average molecular weight is 409 g/mol. The SMILES string of the molecule is CCCN(CC(=O)Nc1cccc(S(=O)(=O)N(CC)CC)c1)CC(F)(F)F. The van der Waals surface area contributed by atoms with Gasteiger partial charge in [-0.05, 0) is 31.2 Å². The monoisotopic (exact) mass is 409 g/mol. The summed E-state index contributed by atoms with van der Waals surface area (Å²) < 4.78 is 64.1. The normalized spacial score (nSPS) is 12.6. The van der Waals surface area contributed by atoms with Gasteiger partial charge in [0, 0.05) is 18.8 Å². The van der Waals surface area contributed by atoms with Crippen LogP contribution in [0.4, 0.5) is 18.9 Å². The number of alkyl halides is 3. The standard InChI is InChI=1S/C17H26F3N3O3S/c1-4-10-22(13-17(18,19)20)12-16(24)21-14-8-7-9-15(11-14)27(25,26)23(5-2)6-3/h7-9,11H,4-6,10,12-13H2,1-3H3,(H,21,24). The van der Waals surface area contributed by atoms with Crippen LogP contribution in [0.2, 0.25) is 0 Å². The fourth-order valence-electron chi connectivity index (χ4n) is 2.63. The van der Waals surface area contributed by atoms with Crippen LogP contribution in [-0.2, 0) is 14.8 Å². The Labute approximate surface area is 158 Å². The second-order valence-corrected chi connectivity index (χ2v) is 7.93. The quantitative estimate of drug-likeness (QED) is 0.645. The molecule has 0 bridgehead atoms. The molecule has 0 aliphatic carbocycles. The second-order valence-electron chi connectivity index (χ2n) is 5.99. The summed E-state index contributed by atoms with van der Waals surface area (Å²) in [6, 6.07) is 5.69. The molecule has 0 aliphatic heterocycles. The topological polar surface area (TPSA) is 69.7 Å². The van der Waals surface area contributed by atoms with Gasteiger partial charge in [-0.2, -0.15) is 17.5 Å². The van der Waals surface area contributed by atoms with E-state index in [1.54, 1.807) is 20.8 Å². The highest BCUT2D eigenvalue weighted by Crippen LogP contribution is 2.20. The van der Waals surface area contributed by atoms with Gasteiger partial charge in [0.05, 0.1) is 18.0 Å². The molecule has 0 aromatic heterocycles. The molecule has 0 unspecified atom stereocenters. The highest BCUT2D eigenvalue weighted by atomic mass is 32.2. The van der Waals surface area contributed by atoms with Crippen LogP contribution in [0.5, 0.6) is 0 Å². The lowest BCUT2D eigenvalue weighted by Gasteiger charge is -2.22. The van der Waals surface area contributed by atoms with Gasteiger partial charge in [-0.1, -0.05) is 26.8 Å². The van der Waals surface area contributed by atoms with E-state index >= 15 is 0 Å². The van der Waals surface area contributed by atoms with Gasteiger partial charge in [0.2, 0.25) is 15.9 Å². The van der Waals surface area contributed by atoms with E-state index in [0.717, 1.165) is 4.90 Å². The molecule has 0 radical (unpaired) electrons. The van der Waals surface area contributed by atoms with E-state index in [-0.39, 0.29) is 17.1 Å². The lowest BCUT2D eigenvalue weighted by Crippen LogP contribution is -2.40. The maximum Gasteiger partial charge on any atom is 0.401 e. The van der Waals surface area contributed by atoms with Crippen molar-refractivity contribution in [3.63, 3.8) is 0 Å². The van der Waals surface area contributed by atoms with Crippen LogP contribution in [0.1, 0.15) is 27.2 Å². The Morgan fingerprint density at radius 1 is 1.15 bits per heavy atom. The largest absolute Gasteiger partial charge is 0.401 e. The molecule has 0 saturated carbocycles. The Bertz CT molecular complexity index is 720. The number of carbonyl (C=O) groups excluding carboxylic acids is 1. The van der Waals surface area contributed by atoms with Gasteiger partial charge in [-0.3, -0.25) is 9.69 Å². The number of carbonyl (C=O) groups is 1. The molecule has 6 nitrogen and oxygen atoms in total. The maximum absolute atomic E-state index is 12.6. The van der Waals surface area contributed by atoms with Crippen LogP contribution in [0.3, 0.4) is 0 Å². The smallest absolute Gasteiger partial charge is 0.325 e. The number of anilines is 1. The van der Waals surface area contributed by atoms with E-state index in [1.165, 1.54) is 28.6 Å². The molecule has 27 heavy (non-hydrogen) atoms. The molecule has 1 aromatic carbocycles. The van der Waals surface area contributed by atoms with Crippen LogP contribution in [0.15, 0.2) is 29.2 Å². The van der Waals surface area contributed by atoms with Gasteiger partial charge in [-0.15, -0.1) is 0 Å². The molecule has 10 heteroatoms. The molecular weight excluding hydrogens is 383 g/mol. The number of sulfonamides is 1. The minimum atomic E-state index is -4.40. The second kappa shape index (κ2) is 10.0. The fourth-order valence-corrected chi connectivity index (χ4v) is 4.14. The van der Waals surface area contributed by atoms with E-state index < -0.39 is 35.2 Å². The summed E-state index contributed by atoms with van der Waals surface area (Å²) in [5.74, 6) is -0.634. The summed E-state index contributed by atoms with van der Waals surface area (Å²) in [6.45, 7) is 4.29.